The highest BCUT2D eigenvalue weighted by Gasteiger charge is 2.37. The van der Waals surface area contributed by atoms with Crippen molar-refractivity contribution in [2.24, 2.45) is 0 Å². The van der Waals surface area contributed by atoms with Crippen LogP contribution in [-0.2, 0) is 16.1 Å². The van der Waals surface area contributed by atoms with Gasteiger partial charge in [0.25, 0.3) is 5.91 Å². The molecule has 1 aromatic carbocycles. The molecule has 1 unspecified atom stereocenters. The zero-order valence-corrected chi connectivity index (χ0v) is 11.9. The highest BCUT2D eigenvalue weighted by molar-refractivity contribution is 5.97. The Bertz CT molecular complexity index is 474. The second kappa shape index (κ2) is 5.54. The first-order valence-corrected chi connectivity index (χ1v) is 7.43. The molecule has 2 aliphatic rings. The molecule has 0 bridgehead atoms. The molecule has 1 heterocycles. The molecule has 4 nitrogen and oxygen atoms in total. The molecule has 1 amide bonds. The lowest BCUT2D eigenvalue weighted by molar-refractivity contribution is -0.133. The van der Waals surface area contributed by atoms with Gasteiger partial charge in [0, 0.05) is 24.9 Å². The summed E-state index contributed by atoms with van der Waals surface area (Å²) >= 11 is 0. The molecule has 20 heavy (non-hydrogen) atoms. The van der Waals surface area contributed by atoms with Crippen molar-refractivity contribution in [3.05, 3.63) is 29.8 Å². The van der Waals surface area contributed by atoms with Gasteiger partial charge in [-0.2, -0.15) is 0 Å². The molecule has 4 heteroatoms. The van der Waals surface area contributed by atoms with Crippen LogP contribution in [0.4, 0.5) is 5.69 Å². The Morgan fingerprint density at radius 2 is 2.10 bits per heavy atom. The topological polar surface area (TPSA) is 50.4 Å². The molecule has 2 N–H and O–H groups in total. The van der Waals surface area contributed by atoms with Crippen LogP contribution in [0.1, 0.15) is 38.2 Å². The van der Waals surface area contributed by atoms with Gasteiger partial charge in [-0.3, -0.25) is 4.79 Å². The monoisotopic (exact) mass is 274 g/mol. The normalized spacial score (nSPS) is 25.6. The molecule has 1 atom stereocenters. The highest BCUT2D eigenvalue weighted by atomic mass is 16.5. The van der Waals surface area contributed by atoms with Gasteiger partial charge in [0.2, 0.25) is 0 Å². The quantitative estimate of drug-likeness (QED) is 0.867. The van der Waals surface area contributed by atoms with E-state index in [0.717, 1.165) is 25.1 Å². The van der Waals surface area contributed by atoms with Gasteiger partial charge in [-0.25, -0.2) is 0 Å². The lowest BCUT2D eigenvalue weighted by Gasteiger charge is -2.21. The van der Waals surface area contributed by atoms with Gasteiger partial charge in [0.05, 0.1) is 0 Å². The molecular formula is C16H22N2O2. The molecular weight excluding hydrogens is 252 g/mol. The Kier molecular flexibility index (Phi) is 3.76. The second-order valence-electron chi connectivity index (χ2n) is 5.99. The fourth-order valence-corrected chi connectivity index (χ4v) is 2.48. The molecule has 108 valence electrons. The maximum absolute atomic E-state index is 12.2. The third-order valence-electron chi connectivity index (χ3n) is 4.08. The van der Waals surface area contributed by atoms with Gasteiger partial charge < -0.3 is 15.4 Å². The van der Waals surface area contributed by atoms with E-state index < -0.39 is 5.60 Å². The molecule has 0 radical (unpaired) electrons. The SMILES string of the molecule is CC1(C(=O)Nc2ccc(CNC3CC3)cc2)CCCO1. The minimum atomic E-state index is -0.661. The number of carbonyl (C=O) groups excluding carboxylic acids is 1. The van der Waals surface area contributed by atoms with E-state index in [1.165, 1.54) is 18.4 Å². The molecule has 0 aromatic heterocycles. The minimum Gasteiger partial charge on any atom is -0.365 e. The Morgan fingerprint density at radius 1 is 1.35 bits per heavy atom. The Balaban J connectivity index is 1.55. The molecule has 1 saturated heterocycles. The van der Waals surface area contributed by atoms with Crippen LogP contribution < -0.4 is 10.6 Å². The summed E-state index contributed by atoms with van der Waals surface area (Å²) in [6.45, 7) is 3.44. The van der Waals surface area contributed by atoms with Crippen LogP contribution in [0.25, 0.3) is 0 Å². The first kappa shape index (κ1) is 13.6. The van der Waals surface area contributed by atoms with Crippen molar-refractivity contribution < 1.29 is 9.53 Å². The van der Waals surface area contributed by atoms with Gasteiger partial charge in [0.1, 0.15) is 5.60 Å². The van der Waals surface area contributed by atoms with Gasteiger partial charge in [-0.05, 0) is 50.3 Å². The van der Waals surface area contributed by atoms with Crippen LogP contribution in [0, 0.1) is 0 Å². The number of carbonyl (C=O) groups is 1. The summed E-state index contributed by atoms with van der Waals surface area (Å²) in [5, 5.41) is 6.42. The van der Waals surface area contributed by atoms with Crippen LogP contribution in [0.5, 0.6) is 0 Å². The number of amides is 1. The lowest BCUT2D eigenvalue weighted by Crippen LogP contribution is -2.39. The summed E-state index contributed by atoms with van der Waals surface area (Å²) in [7, 11) is 0. The molecule has 1 saturated carbocycles. The minimum absolute atomic E-state index is 0.0427. The zero-order chi connectivity index (χ0) is 14.0. The van der Waals surface area contributed by atoms with Crippen LogP contribution in [0.15, 0.2) is 24.3 Å². The van der Waals surface area contributed by atoms with Gasteiger partial charge in [-0.15, -0.1) is 0 Å². The lowest BCUT2D eigenvalue weighted by atomic mass is 10.0. The number of nitrogens with one attached hydrogen (secondary N) is 2. The third-order valence-corrected chi connectivity index (χ3v) is 4.08. The first-order valence-electron chi connectivity index (χ1n) is 7.43. The summed E-state index contributed by atoms with van der Waals surface area (Å²) in [5.41, 5.74) is 1.42. The van der Waals surface area contributed by atoms with Crippen molar-refractivity contribution in [1.82, 2.24) is 5.32 Å². The van der Waals surface area contributed by atoms with E-state index in [0.29, 0.717) is 12.6 Å². The van der Waals surface area contributed by atoms with Crippen molar-refractivity contribution in [2.45, 2.75) is 50.8 Å². The van der Waals surface area contributed by atoms with E-state index >= 15 is 0 Å². The van der Waals surface area contributed by atoms with Crippen molar-refractivity contribution in [3.63, 3.8) is 0 Å². The first-order chi connectivity index (χ1) is 9.66. The third kappa shape index (κ3) is 3.19. The van der Waals surface area contributed by atoms with Crippen molar-refractivity contribution in [2.75, 3.05) is 11.9 Å². The van der Waals surface area contributed by atoms with E-state index in [1.807, 2.05) is 19.1 Å². The summed E-state index contributed by atoms with van der Waals surface area (Å²) in [6, 6.07) is 8.75. The average Bonchev–Trinajstić information content (AvgIpc) is 3.18. The van der Waals surface area contributed by atoms with Crippen molar-refractivity contribution in [1.29, 1.82) is 0 Å². The number of rotatable bonds is 5. The number of ether oxygens (including phenoxy) is 1. The molecule has 2 fully saturated rings. The van der Waals surface area contributed by atoms with Gasteiger partial charge >= 0.3 is 0 Å². The van der Waals surface area contributed by atoms with E-state index in [9.17, 15) is 4.79 Å². The van der Waals surface area contributed by atoms with Crippen LogP contribution in [-0.4, -0.2) is 24.2 Å². The van der Waals surface area contributed by atoms with Crippen LogP contribution in [0.2, 0.25) is 0 Å². The summed E-state index contributed by atoms with van der Waals surface area (Å²) in [4.78, 5) is 12.2. The Hall–Kier alpha value is -1.39. The molecule has 1 aliphatic carbocycles. The van der Waals surface area contributed by atoms with Gasteiger partial charge in [0.15, 0.2) is 0 Å². The van der Waals surface area contributed by atoms with Crippen molar-refractivity contribution in [3.8, 4) is 0 Å². The molecule has 0 spiro atoms. The van der Waals surface area contributed by atoms with Gasteiger partial charge in [-0.1, -0.05) is 12.1 Å². The van der Waals surface area contributed by atoms with E-state index in [4.69, 9.17) is 4.74 Å². The fourth-order valence-electron chi connectivity index (χ4n) is 2.48. The Morgan fingerprint density at radius 3 is 2.70 bits per heavy atom. The van der Waals surface area contributed by atoms with Crippen LogP contribution >= 0.6 is 0 Å². The van der Waals surface area contributed by atoms with Crippen LogP contribution in [0.3, 0.4) is 0 Å². The number of benzene rings is 1. The number of anilines is 1. The standard InChI is InChI=1S/C16H22N2O2/c1-16(9-2-10-20-16)15(19)18-14-5-3-12(4-6-14)11-17-13-7-8-13/h3-6,13,17H,2,7-11H2,1H3,(H,18,19). The maximum atomic E-state index is 12.2. The smallest absolute Gasteiger partial charge is 0.256 e. The highest BCUT2D eigenvalue weighted by Crippen LogP contribution is 2.26. The van der Waals surface area contributed by atoms with Crippen molar-refractivity contribution >= 4 is 11.6 Å². The predicted molar refractivity (Wildman–Crippen MR) is 78.5 cm³/mol. The number of hydrogen-bond acceptors (Lipinski definition) is 3. The maximum Gasteiger partial charge on any atom is 0.256 e. The predicted octanol–water partition coefficient (Wildman–Crippen LogP) is 2.45. The Labute approximate surface area is 119 Å². The summed E-state index contributed by atoms with van der Waals surface area (Å²) in [5.74, 6) is -0.0427. The second-order valence-corrected chi connectivity index (χ2v) is 5.99. The molecule has 3 rings (SSSR count). The molecule has 1 aromatic rings. The summed E-state index contributed by atoms with van der Waals surface area (Å²) in [6.07, 6.45) is 4.34. The van der Waals surface area contributed by atoms with E-state index in [-0.39, 0.29) is 5.91 Å². The largest absolute Gasteiger partial charge is 0.365 e. The number of hydrogen-bond donors (Lipinski definition) is 2. The fraction of sp³-hybridized carbons (Fsp3) is 0.562. The molecule has 1 aliphatic heterocycles. The zero-order valence-electron chi connectivity index (χ0n) is 11.9. The van der Waals surface area contributed by atoms with E-state index in [1.54, 1.807) is 0 Å². The summed E-state index contributed by atoms with van der Waals surface area (Å²) < 4.78 is 5.55. The van der Waals surface area contributed by atoms with E-state index in [2.05, 4.69) is 22.8 Å². The average molecular weight is 274 g/mol.